The molecule has 0 saturated heterocycles. The fourth-order valence-corrected chi connectivity index (χ4v) is 2.46. The summed E-state index contributed by atoms with van der Waals surface area (Å²) in [5.41, 5.74) is 2.98. The van der Waals surface area contributed by atoms with Gasteiger partial charge in [-0.2, -0.15) is 5.10 Å². The second-order valence-corrected chi connectivity index (χ2v) is 6.15. The fraction of sp³-hybridized carbons (Fsp3) is 0.0769. The van der Waals surface area contributed by atoms with Crippen molar-refractivity contribution in [2.75, 3.05) is 11.0 Å². The van der Waals surface area contributed by atoms with Crippen LogP contribution in [0.25, 0.3) is 16.9 Å². The van der Waals surface area contributed by atoms with E-state index in [1.165, 1.54) is 0 Å². The first-order valence-electron chi connectivity index (χ1n) is 5.90. The molecule has 3 rings (SSSR count). The number of imidazole rings is 1. The minimum absolute atomic E-state index is 0.526. The summed E-state index contributed by atoms with van der Waals surface area (Å²) in [5, 5.41) is 4.16. The summed E-state index contributed by atoms with van der Waals surface area (Å²) < 4.78 is 26.4. The van der Waals surface area contributed by atoms with Crippen molar-refractivity contribution in [1.29, 1.82) is 0 Å². The van der Waals surface area contributed by atoms with Gasteiger partial charge in [0.05, 0.1) is 18.1 Å². The Labute approximate surface area is 116 Å². The topological polar surface area (TPSA) is 76.4 Å². The maximum absolute atomic E-state index is 11.1. The molecule has 2 aromatic heterocycles. The largest absolute Gasteiger partial charge is 0.284 e. The smallest absolute Gasteiger partial charge is 0.229 e. The van der Waals surface area contributed by atoms with Crippen LogP contribution in [0.1, 0.15) is 0 Å². The van der Waals surface area contributed by atoms with E-state index >= 15 is 0 Å². The molecule has 6 nitrogen and oxygen atoms in total. The zero-order valence-corrected chi connectivity index (χ0v) is 11.5. The maximum Gasteiger partial charge on any atom is 0.229 e. The number of nitrogens with one attached hydrogen (secondary N) is 1. The molecule has 0 unspecified atom stereocenters. The molecule has 1 aromatic carbocycles. The Balaban J connectivity index is 1.94. The van der Waals surface area contributed by atoms with Gasteiger partial charge in [0.1, 0.15) is 0 Å². The molecule has 0 fully saturated rings. The number of aromatic nitrogens is 3. The van der Waals surface area contributed by atoms with Crippen LogP contribution >= 0.6 is 0 Å². The van der Waals surface area contributed by atoms with Crippen LogP contribution in [0.5, 0.6) is 0 Å². The highest BCUT2D eigenvalue weighted by Crippen LogP contribution is 2.21. The molecule has 0 aliphatic carbocycles. The molecule has 20 heavy (non-hydrogen) atoms. The maximum atomic E-state index is 11.1. The first-order valence-corrected chi connectivity index (χ1v) is 7.79. The van der Waals surface area contributed by atoms with Crippen LogP contribution in [-0.2, 0) is 10.0 Å². The summed E-state index contributed by atoms with van der Waals surface area (Å²) in [5.74, 6) is 0. The second kappa shape index (κ2) is 4.61. The molecule has 0 atom stereocenters. The van der Waals surface area contributed by atoms with E-state index in [-0.39, 0.29) is 0 Å². The lowest BCUT2D eigenvalue weighted by atomic mass is 10.1. The highest BCUT2D eigenvalue weighted by Gasteiger charge is 2.06. The summed E-state index contributed by atoms with van der Waals surface area (Å²) in [7, 11) is -3.25. The lowest BCUT2D eigenvalue weighted by Gasteiger charge is -2.03. The standard InChI is InChI=1S/C13H12N4O2S/c1-20(18,19)16-11-6-4-10(5-7-11)12-9-17-13(15-12)3-2-8-14-17/h2-9,16H,1H3. The quantitative estimate of drug-likeness (QED) is 0.797. The summed E-state index contributed by atoms with van der Waals surface area (Å²) in [6.07, 6.45) is 4.64. The van der Waals surface area contributed by atoms with E-state index in [1.54, 1.807) is 22.8 Å². The summed E-state index contributed by atoms with van der Waals surface area (Å²) >= 11 is 0. The number of fused-ring (bicyclic) bond motifs is 1. The zero-order valence-electron chi connectivity index (χ0n) is 10.7. The van der Waals surface area contributed by atoms with Crippen LogP contribution in [0.4, 0.5) is 5.69 Å². The highest BCUT2D eigenvalue weighted by atomic mass is 32.2. The first-order chi connectivity index (χ1) is 9.51. The van der Waals surface area contributed by atoms with Crippen molar-refractivity contribution in [3.05, 3.63) is 48.8 Å². The summed E-state index contributed by atoms with van der Waals surface area (Å²) in [6, 6.07) is 10.7. The Morgan fingerprint density at radius 1 is 1.15 bits per heavy atom. The Morgan fingerprint density at radius 3 is 2.55 bits per heavy atom. The van der Waals surface area contributed by atoms with Crippen LogP contribution in [0, 0.1) is 0 Å². The second-order valence-electron chi connectivity index (χ2n) is 4.40. The number of hydrogen-bond acceptors (Lipinski definition) is 4. The number of anilines is 1. The van der Waals surface area contributed by atoms with Crippen molar-refractivity contribution in [1.82, 2.24) is 14.6 Å². The number of sulfonamides is 1. The number of hydrogen-bond donors (Lipinski definition) is 1. The normalized spacial score (nSPS) is 11.7. The first kappa shape index (κ1) is 12.6. The van der Waals surface area contributed by atoms with Gasteiger partial charge in [0.25, 0.3) is 0 Å². The van der Waals surface area contributed by atoms with Crippen molar-refractivity contribution >= 4 is 21.4 Å². The van der Waals surface area contributed by atoms with Crippen molar-refractivity contribution in [2.45, 2.75) is 0 Å². The van der Waals surface area contributed by atoms with Crippen molar-refractivity contribution < 1.29 is 8.42 Å². The highest BCUT2D eigenvalue weighted by molar-refractivity contribution is 7.92. The molecule has 0 spiro atoms. The van der Waals surface area contributed by atoms with E-state index in [9.17, 15) is 8.42 Å². The predicted octanol–water partition coefficient (Wildman–Crippen LogP) is 1.77. The van der Waals surface area contributed by atoms with E-state index in [2.05, 4.69) is 14.8 Å². The van der Waals surface area contributed by atoms with Gasteiger partial charge in [0, 0.05) is 17.4 Å². The van der Waals surface area contributed by atoms with E-state index in [0.717, 1.165) is 23.2 Å². The Hall–Kier alpha value is -2.41. The summed E-state index contributed by atoms with van der Waals surface area (Å²) in [4.78, 5) is 4.45. The zero-order chi connectivity index (χ0) is 14.2. The molecule has 0 radical (unpaired) electrons. The van der Waals surface area contributed by atoms with Gasteiger partial charge in [-0.1, -0.05) is 12.1 Å². The van der Waals surface area contributed by atoms with E-state index in [0.29, 0.717) is 5.69 Å². The molecule has 7 heteroatoms. The van der Waals surface area contributed by atoms with Crippen molar-refractivity contribution in [3.63, 3.8) is 0 Å². The predicted molar refractivity (Wildman–Crippen MR) is 76.9 cm³/mol. The molecule has 2 heterocycles. The third-order valence-corrected chi connectivity index (χ3v) is 3.33. The molecular formula is C13H12N4O2S. The third kappa shape index (κ3) is 2.62. The van der Waals surface area contributed by atoms with Gasteiger partial charge < -0.3 is 0 Å². The van der Waals surface area contributed by atoms with Crippen LogP contribution < -0.4 is 4.72 Å². The molecule has 0 aliphatic rings. The van der Waals surface area contributed by atoms with Gasteiger partial charge in [-0.05, 0) is 24.3 Å². The lowest BCUT2D eigenvalue weighted by molar-refractivity contribution is 0.607. The third-order valence-electron chi connectivity index (χ3n) is 2.72. The van der Waals surface area contributed by atoms with Crippen LogP contribution in [0.15, 0.2) is 48.8 Å². The average Bonchev–Trinajstić information content (AvgIpc) is 2.81. The Bertz CT molecular complexity index is 820. The molecule has 0 amide bonds. The van der Waals surface area contributed by atoms with Crippen LogP contribution in [0.3, 0.4) is 0 Å². The minimum atomic E-state index is -3.25. The van der Waals surface area contributed by atoms with Gasteiger partial charge in [-0.15, -0.1) is 0 Å². The van der Waals surface area contributed by atoms with Gasteiger partial charge in [0.15, 0.2) is 5.65 Å². The molecule has 102 valence electrons. The molecule has 0 bridgehead atoms. The van der Waals surface area contributed by atoms with Crippen molar-refractivity contribution in [2.24, 2.45) is 0 Å². The SMILES string of the molecule is CS(=O)(=O)Nc1ccc(-c2cn3ncccc3n2)cc1. The van der Waals surface area contributed by atoms with E-state index in [4.69, 9.17) is 0 Å². The van der Waals surface area contributed by atoms with Crippen molar-refractivity contribution in [3.8, 4) is 11.3 Å². The van der Waals surface area contributed by atoms with Gasteiger partial charge in [-0.3, -0.25) is 4.72 Å². The van der Waals surface area contributed by atoms with Crippen LogP contribution in [-0.4, -0.2) is 29.3 Å². The molecule has 3 aromatic rings. The van der Waals surface area contributed by atoms with Gasteiger partial charge in [0.2, 0.25) is 10.0 Å². The number of rotatable bonds is 3. The Kier molecular flexibility index (Phi) is 2.90. The van der Waals surface area contributed by atoms with E-state index < -0.39 is 10.0 Å². The molecule has 0 aliphatic heterocycles. The number of benzene rings is 1. The molecule has 0 saturated carbocycles. The molecular weight excluding hydrogens is 276 g/mol. The van der Waals surface area contributed by atoms with Crippen LogP contribution in [0.2, 0.25) is 0 Å². The summed E-state index contributed by atoms with van der Waals surface area (Å²) in [6.45, 7) is 0. The average molecular weight is 288 g/mol. The molecule has 1 N–H and O–H groups in total. The van der Waals surface area contributed by atoms with E-state index in [1.807, 2.05) is 30.5 Å². The minimum Gasteiger partial charge on any atom is -0.284 e. The van der Waals surface area contributed by atoms with Gasteiger partial charge in [-0.25, -0.2) is 17.9 Å². The lowest BCUT2D eigenvalue weighted by Crippen LogP contribution is -2.09. The number of nitrogens with zero attached hydrogens (tertiary/aromatic N) is 3. The monoisotopic (exact) mass is 288 g/mol. The Morgan fingerprint density at radius 2 is 1.90 bits per heavy atom. The fourth-order valence-electron chi connectivity index (χ4n) is 1.89. The van der Waals surface area contributed by atoms with Gasteiger partial charge >= 0.3 is 0 Å².